The van der Waals surface area contributed by atoms with Crippen molar-refractivity contribution in [2.75, 3.05) is 5.32 Å². The van der Waals surface area contributed by atoms with E-state index in [0.717, 1.165) is 5.56 Å². The van der Waals surface area contributed by atoms with E-state index in [0.29, 0.717) is 11.5 Å². The second kappa shape index (κ2) is 5.58. The van der Waals surface area contributed by atoms with Gasteiger partial charge in [0, 0.05) is 11.8 Å². The van der Waals surface area contributed by atoms with Gasteiger partial charge in [0.05, 0.1) is 6.20 Å². The summed E-state index contributed by atoms with van der Waals surface area (Å²) in [5.41, 5.74) is 2.39. The van der Waals surface area contributed by atoms with E-state index in [2.05, 4.69) is 15.3 Å². The predicted molar refractivity (Wildman–Crippen MR) is 78.9 cm³/mol. The molecule has 0 fully saturated rings. The fourth-order valence-corrected chi connectivity index (χ4v) is 1.84. The molecule has 0 spiro atoms. The van der Waals surface area contributed by atoms with Crippen LogP contribution in [-0.4, -0.2) is 15.9 Å². The van der Waals surface area contributed by atoms with Crippen LogP contribution in [0.4, 0.5) is 6.01 Å². The van der Waals surface area contributed by atoms with Gasteiger partial charge in [-0.05, 0) is 19.1 Å². The molecule has 0 saturated heterocycles. The number of hydrogen-bond acceptors (Lipinski definition) is 4. The van der Waals surface area contributed by atoms with E-state index in [1.54, 1.807) is 30.6 Å². The largest absolute Gasteiger partial charge is 0.423 e. The number of nitrogens with zero attached hydrogens (tertiary/aromatic N) is 2. The Hall–Kier alpha value is -2.95. The Labute approximate surface area is 121 Å². The molecule has 0 unspecified atom stereocenters. The summed E-state index contributed by atoms with van der Waals surface area (Å²) in [4.78, 5) is 20.0. The van der Waals surface area contributed by atoms with Crippen LogP contribution < -0.4 is 5.32 Å². The van der Waals surface area contributed by atoms with Crippen molar-refractivity contribution in [3.8, 4) is 11.3 Å². The van der Waals surface area contributed by atoms with E-state index in [-0.39, 0.29) is 11.9 Å². The first-order valence-corrected chi connectivity index (χ1v) is 6.47. The summed E-state index contributed by atoms with van der Waals surface area (Å²) in [7, 11) is 0. The molecule has 1 N–H and O–H groups in total. The minimum Gasteiger partial charge on any atom is -0.423 e. The molecule has 104 valence electrons. The van der Waals surface area contributed by atoms with Gasteiger partial charge in [-0.1, -0.05) is 35.9 Å². The van der Waals surface area contributed by atoms with E-state index < -0.39 is 0 Å². The van der Waals surface area contributed by atoms with Gasteiger partial charge >= 0.3 is 6.01 Å². The SMILES string of the molecule is Cc1ccc(-c2cnc(NC(=O)c3ccccn3)o2)cc1. The van der Waals surface area contributed by atoms with Crippen molar-refractivity contribution in [1.29, 1.82) is 0 Å². The maximum absolute atomic E-state index is 11.9. The number of pyridine rings is 1. The summed E-state index contributed by atoms with van der Waals surface area (Å²) < 4.78 is 5.53. The average molecular weight is 279 g/mol. The van der Waals surface area contributed by atoms with Crippen LogP contribution in [0.15, 0.2) is 59.3 Å². The molecule has 3 aromatic rings. The monoisotopic (exact) mass is 279 g/mol. The maximum Gasteiger partial charge on any atom is 0.302 e. The lowest BCUT2D eigenvalue weighted by Crippen LogP contribution is -2.13. The second-order valence-electron chi connectivity index (χ2n) is 4.56. The van der Waals surface area contributed by atoms with E-state index in [1.165, 1.54) is 5.56 Å². The number of hydrogen-bond donors (Lipinski definition) is 1. The molecule has 0 atom stereocenters. The molecule has 0 bridgehead atoms. The number of nitrogens with one attached hydrogen (secondary N) is 1. The van der Waals surface area contributed by atoms with Crippen LogP contribution >= 0.6 is 0 Å². The van der Waals surface area contributed by atoms with Crippen LogP contribution in [0.5, 0.6) is 0 Å². The lowest BCUT2D eigenvalue weighted by atomic mass is 10.1. The van der Waals surface area contributed by atoms with Crippen molar-refractivity contribution in [2.24, 2.45) is 0 Å². The highest BCUT2D eigenvalue weighted by atomic mass is 16.4. The number of oxazole rings is 1. The Morgan fingerprint density at radius 2 is 1.90 bits per heavy atom. The van der Waals surface area contributed by atoms with Crippen LogP contribution in [0, 0.1) is 6.92 Å². The number of amides is 1. The number of carbonyl (C=O) groups excluding carboxylic acids is 1. The van der Waals surface area contributed by atoms with Crippen LogP contribution in [-0.2, 0) is 0 Å². The van der Waals surface area contributed by atoms with Crippen LogP contribution in [0.25, 0.3) is 11.3 Å². The fraction of sp³-hybridized carbons (Fsp3) is 0.0625. The summed E-state index contributed by atoms with van der Waals surface area (Å²) in [5, 5.41) is 2.58. The van der Waals surface area contributed by atoms with E-state index in [9.17, 15) is 4.79 Å². The number of benzene rings is 1. The van der Waals surface area contributed by atoms with Gasteiger partial charge < -0.3 is 4.42 Å². The predicted octanol–water partition coefficient (Wildman–Crippen LogP) is 3.30. The molecule has 1 amide bonds. The average Bonchev–Trinajstić information content (AvgIpc) is 2.97. The normalized spacial score (nSPS) is 10.3. The molecule has 2 heterocycles. The first kappa shape index (κ1) is 13.1. The molecule has 21 heavy (non-hydrogen) atoms. The lowest BCUT2D eigenvalue weighted by molar-refractivity contribution is 0.101. The minimum atomic E-state index is -0.354. The third-order valence-electron chi connectivity index (χ3n) is 2.96. The van der Waals surface area contributed by atoms with Gasteiger partial charge in [0.2, 0.25) is 0 Å². The molecular weight excluding hydrogens is 266 g/mol. The van der Waals surface area contributed by atoms with Crippen molar-refractivity contribution in [3.63, 3.8) is 0 Å². The molecule has 3 rings (SSSR count). The van der Waals surface area contributed by atoms with Crippen molar-refractivity contribution in [1.82, 2.24) is 9.97 Å². The van der Waals surface area contributed by atoms with Gasteiger partial charge in [-0.15, -0.1) is 0 Å². The Balaban J connectivity index is 1.76. The van der Waals surface area contributed by atoms with Crippen LogP contribution in [0.1, 0.15) is 16.1 Å². The summed E-state index contributed by atoms with van der Waals surface area (Å²) >= 11 is 0. The van der Waals surface area contributed by atoms with Crippen LogP contribution in [0.3, 0.4) is 0 Å². The highest BCUT2D eigenvalue weighted by molar-refractivity contribution is 6.01. The first-order chi connectivity index (χ1) is 10.2. The maximum atomic E-state index is 11.9. The molecular formula is C16H13N3O2. The number of carbonyl (C=O) groups is 1. The highest BCUT2D eigenvalue weighted by Gasteiger charge is 2.11. The van der Waals surface area contributed by atoms with E-state index in [1.807, 2.05) is 31.2 Å². The Morgan fingerprint density at radius 3 is 2.62 bits per heavy atom. The fourth-order valence-electron chi connectivity index (χ4n) is 1.84. The van der Waals surface area contributed by atoms with Crippen molar-refractivity contribution in [3.05, 3.63) is 66.1 Å². The molecule has 5 nitrogen and oxygen atoms in total. The highest BCUT2D eigenvalue weighted by Crippen LogP contribution is 2.22. The molecule has 5 heteroatoms. The summed E-state index contributed by atoms with van der Waals surface area (Å²) in [5.74, 6) is 0.249. The summed E-state index contributed by atoms with van der Waals surface area (Å²) in [6.07, 6.45) is 3.14. The van der Waals surface area contributed by atoms with Crippen molar-refractivity contribution >= 4 is 11.9 Å². The minimum absolute atomic E-state index is 0.154. The van der Waals surface area contributed by atoms with Gasteiger partial charge in [-0.25, -0.2) is 4.98 Å². The Kier molecular flexibility index (Phi) is 3.47. The van der Waals surface area contributed by atoms with Gasteiger partial charge in [0.25, 0.3) is 5.91 Å². The zero-order valence-corrected chi connectivity index (χ0v) is 11.4. The topological polar surface area (TPSA) is 68.0 Å². The Bertz CT molecular complexity index is 749. The number of anilines is 1. The molecule has 1 aromatic carbocycles. The smallest absolute Gasteiger partial charge is 0.302 e. The molecule has 0 aliphatic rings. The van der Waals surface area contributed by atoms with Gasteiger partial charge in [0.1, 0.15) is 5.69 Å². The number of rotatable bonds is 3. The first-order valence-electron chi connectivity index (χ1n) is 6.47. The Morgan fingerprint density at radius 1 is 1.10 bits per heavy atom. The van der Waals surface area contributed by atoms with Crippen molar-refractivity contribution < 1.29 is 9.21 Å². The van der Waals surface area contributed by atoms with E-state index >= 15 is 0 Å². The quantitative estimate of drug-likeness (QED) is 0.798. The summed E-state index contributed by atoms with van der Waals surface area (Å²) in [6.45, 7) is 2.02. The summed E-state index contributed by atoms with van der Waals surface area (Å²) in [6, 6.07) is 13.1. The van der Waals surface area contributed by atoms with Crippen LogP contribution in [0.2, 0.25) is 0 Å². The third kappa shape index (κ3) is 2.97. The molecule has 0 aliphatic carbocycles. The molecule has 0 saturated carbocycles. The third-order valence-corrected chi connectivity index (χ3v) is 2.96. The number of aryl methyl sites for hydroxylation is 1. The molecule has 0 radical (unpaired) electrons. The zero-order valence-electron chi connectivity index (χ0n) is 11.4. The second-order valence-corrected chi connectivity index (χ2v) is 4.56. The molecule has 0 aliphatic heterocycles. The standard InChI is InChI=1S/C16H13N3O2/c1-11-5-7-12(8-6-11)14-10-18-16(21-14)19-15(20)13-4-2-3-9-17-13/h2-10H,1H3,(H,18,19,20). The molecule has 2 aromatic heterocycles. The van der Waals surface area contributed by atoms with Crippen molar-refractivity contribution in [2.45, 2.75) is 6.92 Å². The van der Waals surface area contributed by atoms with Gasteiger partial charge in [-0.2, -0.15) is 0 Å². The van der Waals surface area contributed by atoms with E-state index in [4.69, 9.17) is 4.42 Å². The zero-order chi connectivity index (χ0) is 14.7. The van der Waals surface area contributed by atoms with Gasteiger partial charge in [0.15, 0.2) is 5.76 Å². The van der Waals surface area contributed by atoms with Gasteiger partial charge in [-0.3, -0.25) is 15.1 Å². The number of aromatic nitrogens is 2. The lowest BCUT2D eigenvalue weighted by Gasteiger charge is -2.00.